The fraction of sp³-hybridized carbons (Fsp3) is 0. The van der Waals surface area contributed by atoms with Gasteiger partial charge < -0.3 is 11.5 Å². The molecule has 2 nitrogen and oxygen atoms in total. The van der Waals surface area contributed by atoms with Crippen molar-refractivity contribution in [3.8, 4) is 0 Å². The van der Waals surface area contributed by atoms with Crippen LogP contribution in [0.4, 0.5) is 15.8 Å². The van der Waals surface area contributed by atoms with Gasteiger partial charge >= 0.3 is 0 Å². The second-order valence-corrected chi connectivity index (χ2v) is 1.84. The van der Waals surface area contributed by atoms with Gasteiger partial charge in [0.2, 0.25) is 0 Å². The van der Waals surface area contributed by atoms with Gasteiger partial charge in [-0.1, -0.05) is 0 Å². The van der Waals surface area contributed by atoms with E-state index in [2.05, 4.69) is 5.73 Å². The number of halogens is 1. The van der Waals surface area contributed by atoms with Gasteiger partial charge in [0.15, 0.2) is 5.69 Å². The summed E-state index contributed by atoms with van der Waals surface area (Å²) in [5.74, 6) is -0.320. The molecule has 0 radical (unpaired) electrons. The maximum atomic E-state index is 12.2. The fourth-order valence-corrected chi connectivity index (χ4v) is 0.566. The molecule has 0 bridgehead atoms. The highest BCUT2D eigenvalue weighted by Crippen LogP contribution is 2.12. The molecule has 1 rings (SSSR count). The Bertz CT molecular complexity index is 222. The van der Waals surface area contributed by atoms with E-state index < -0.39 is 0 Å². The largest absolute Gasteiger partial charge is 0.394 e. The van der Waals surface area contributed by atoms with Gasteiger partial charge in [0, 0.05) is 12.1 Å². The molecule has 0 saturated carbocycles. The summed E-state index contributed by atoms with van der Waals surface area (Å²) < 4.78 is 12.2. The van der Waals surface area contributed by atoms with E-state index in [9.17, 15) is 4.39 Å². The molecular weight excluding hydrogens is 119 g/mol. The highest BCUT2D eigenvalue weighted by atomic mass is 19.1. The minimum absolute atomic E-state index is 0.320. The lowest BCUT2D eigenvalue weighted by atomic mass is 10.3. The number of hydrogen-bond donors (Lipinski definition) is 2. The first-order chi connectivity index (χ1) is 4.20. The molecule has 0 atom stereocenters. The van der Waals surface area contributed by atoms with Crippen LogP contribution in [-0.2, 0) is 0 Å². The fourth-order valence-electron chi connectivity index (χ4n) is 0.566. The number of nitrogens with two attached hydrogens (primary N) is 1. The molecule has 0 aliphatic heterocycles. The van der Waals surface area contributed by atoms with E-state index in [1.807, 2.05) is 0 Å². The van der Waals surface area contributed by atoms with Crippen molar-refractivity contribution < 1.29 is 10.1 Å². The average Bonchev–Trinajstić information content (AvgIpc) is 1.80. The first-order valence-electron chi connectivity index (χ1n) is 2.57. The third kappa shape index (κ3) is 1.17. The van der Waals surface area contributed by atoms with E-state index in [1.54, 1.807) is 6.07 Å². The monoisotopic (exact) mass is 127 g/mol. The number of nitrogen functional groups attached to an aromatic ring is 1. The molecule has 0 saturated heterocycles. The molecule has 5 N–H and O–H groups in total. The summed E-state index contributed by atoms with van der Waals surface area (Å²) >= 11 is 0. The molecule has 48 valence electrons. The zero-order chi connectivity index (χ0) is 6.85. The summed E-state index contributed by atoms with van der Waals surface area (Å²) in [5.41, 5.74) is 9.95. The van der Waals surface area contributed by atoms with Crippen LogP contribution in [0.3, 0.4) is 0 Å². The molecule has 3 heteroatoms. The normalized spacial score (nSPS) is 9.56. The van der Waals surface area contributed by atoms with Crippen molar-refractivity contribution >= 4 is 11.4 Å². The molecule has 1 aromatic rings. The van der Waals surface area contributed by atoms with Crippen molar-refractivity contribution in [2.45, 2.75) is 0 Å². The van der Waals surface area contributed by atoms with Gasteiger partial charge in [0.1, 0.15) is 5.82 Å². The zero-order valence-electron chi connectivity index (χ0n) is 4.89. The zero-order valence-corrected chi connectivity index (χ0v) is 4.89. The Labute approximate surface area is 52.3 Å². The van der Waals surface area contributed by atoms with Crippen LogP contribution < -0.4 is 11.5 Å². The van der Waals surface area contributed by atoms with Crippen molar-refractivity contribution in [2.24, 2.45) is 0 Å². The van der Waals surface area contributed by atoms with E-state index in [4.69, 9.17) is 5.73 Å². The lowest BCUT2D eigenvalue weighted by Crippen LogP contribution is -2.41. The number of hydrogen-bond acceptors (Lipinski definition) is 1. The lowest BCUT2D eigenvalue weighted by molar-refractivity contribution is -0.253. The highest BCUT2D eigenvalue weighted by Gasteiger charge is 1.96. The van der Waals surface area contributed by atoms with E-state index >= 15 is 0 Å². The third-order valence-electron chi connectivity index (χ3n) is 1.11. The van der Waals surface area contributed by atoms with Crippen molar-refractivity contribution in [1.82, 2.24) is 0 Å². The Morgan fingerprint density at radius 1 is 1.44 bits per heavy atom. The first-order valence-corrected chi connectivity index (χ1v) is 2.57. The average molecular weight is 127 g/mol. The van der Waals surface area contributed by atoms with Crippen LogP contribution in [-0.4, -0.2) is 0 Å². The van der Waals surface area contributed by atoms with Crippen molar-refractivity contribution in [3.63, 3.8) is 0 Å². The SMILES string of the molecule is Nc1cc(F)ccc1[NH3+]. The minimum Gasteiger partial charge on any atom is -0.394 e. The molecule has 0 unspecified atom stereocenters. The summed E-state index contributed by atoms with van der Waals surface area (Å²) in [6.07, 6.45) is 0. The molecule has 0 amide bonds. The van der Waals surface area contributed by atoms with Gasteiger partial charge in [-0.25, -0.2) is 4.39 Å². The van der Waals surface area contributed by atoms with Crippen LogP contribution in [0.5, 0.6) is 0 Å². The molecule has 0 aliphatic carbocycles. The predicted molar refractivity (Wildman–Crippen MR) is 33.4 cm³/mol. The van der Waals surface area contributed by atoms with Gasteiger partial charge in [-0.2, -0.15) is 0 Å². The second kappa shape index (κ2) is 2.03. The molecule has 0 heterocycles. The third-order valence-corrected chi connectivity index (χ3v) is 1.11. The van der Waals surface area contributed by atoms with Crippen LogP contribution in [0.25, 0.3) is 0 Å². The second-order valence-electron chi connectivity index (χ2n) is 1.84. The van der Waals surface area contributed by atoms with Gasteiger partial charge in [0.25, 0.3) is 0 Å². The van der Waals surface area contributed by atoms with E-state index in [0.717, 1.165) is 0 Å². The van der Waals surface area contributed by atoms with Crippen LogP contribution in [0, 0.1) is 5.82 Å². The molecule has 0 fully saturated rings. The Hall–Kier alpha value is -1.09. The molecule has 9 heavy (non-hydrogen) atoms. The molecule has 0 aromatic heterocycles. The van der Waals surface area contributed by atoms with Gasteiger partial charge in [-0.15, -0.1) is 0 Å². The summed E-state index contributed by atoms with van der Waals surface area (Å²) in [5, 5.41) is 0. The number of rotatable bonds is 0. The summed E-state index contributed by atoms with van der Waals surface area (Å²) in [7, 11) is 0. The standard InChI is InChI=1S/C6H7FN2/c7-4-1-2-5(8)6(9)3-4/h1-3H,8-9H2/p+1. The molecular formula is C6H8FN2+. The lowest BCUT2D eigenvalue weighted by Gasteiger charge is -1.92. The Balaban J connectivity index is 3.17. The molecule has 1 aromatic carbocycles. The van der Waals surface area contributed by atoms with Crippen molar-refractivity contribution in [2.75, 3.05) is 5.73 Å². The topological polar surface area (TPSA) is 53.7 Å². The Morgan fingerprint density at radius 3 is 2.56 bits per heavy atom. The molecule has 0 spiro atoms. The maximum Gasteiger partial charge on any atom is 0.151 e. The molecule has 0 aliphatic rings. The van der Waals surface area contributed by atoms with E-state index in [-0.39, 0.29) is 5.82 Å². The van der Waals surface area contributed by atoms with Crippen LogP contribution >= 0.6 is 0 Å². The Morgan fingerprint density at radius 2 is 2.11 bits per heavy atom. The van der Waals surface area contributed by atoms with Gasteiger partial charge in [-0.05, 0) is 6.07 Å². The van der Waals surface area contributed by atoms with Crippen LogP contribution in [0.1, 0.15) is 0 Å². The van der Waals surface area contributed by atoms with Gasteiger partial charge in [0.05, 0.1) is 5.69 Å². The highest BCUT2D eigenvalue weighted by molar-refractivity contribution is 5.56. The number of anilines is 1. The summed E-state index contributed by atoms with van der Waals surface area (Å²) in [6.45, 7) is 0. The van der Waals surface area contributed by atoms with E-state index in [1.165, 1.54) is 12.1 Å². The predicted octanol–water partition coefficient (Wildman–Crippen LogP) is 0.281. The number of benzene rings is 1. The summed E-state index contributed by atoms with van der Waals surface area (Å²) in [6, 6.07) is 4.13. The minimum atomic E-state index is -0.320. The first kappa shape index (κ1) is 6.04. The van der Waals surface area contributed by atoms with Crippen LogP contribution in [0.2, 0.25) is 0 Å². The van der Waals surface area contributed by atoms with Gasteiger partial charge in [-0.3, -0.25) is 0 Å². The smallest absolute Gasteiger partial charge is 0.151 e. The van der Waals surface area contributed by atoms with E-state index in [0.29, 0.717) is 11.4 Å². The summed E-state index contributed by atoms with van der Waals surface area (Å²) in [4.78, 5) is 0. The van der Waals surface area contributed by atoms with Crippen LogP contribution in [0.15, 0.2) is 18.2 Å². The Kier molecular flexibility index (Phi) is 1.36. The number of quaternary nitrogens is 1. The maximum absolute atomic E-state index is 12.2. The van der Waals surface area contributed by atoms with Crippen molar-refractivity contribution in [3.05, 3.63) is 24.0 Å². The van der Waals surface area contributed by atoms with Crippen molar-refractivity contribution in [1.29, 1.82) is 0 Å². The quantitative estimate of drug-likeness (QED) is 0.483.